The van der Waals surface area contributed by atoms with E-state index in [0.29, 0.717) is 18.0 Å². The van der Waals surface area contributed by atoms with E-state index < -0.39 is 0 Å². The lowest BCUT2D eigenvalue weighted by Gasteiger charge is -2.33. The van der Waals surface area contributed by atoms with Crippen molar-refractivity contribution >= 4 is 0 Å². The average Bonchev–Trinajstić information content (AvgIpc) is 3.01. The Balaban J connectivity index is 2.05. The summed E-state index contributed by atoms with van der Waals surface area (Å²) in [5, 5.41) is 3.61. The van der Waals surface area contributed by atoms with E-state index >= 15 is 0 Å². The summed E-state index contributed by atoms with van der Waals surface area (Å²) in [6, 6.07) is 5.19. The first-order chi connectivity index (χ1) is 9.20. The summed E-state index contributed by atoms with van der Waals surface area (Å²) in [5.41, 5.74) is 0. The maximum Gasteiger partial charge on any atom is 0.120 e. The molecule has 3 heteroatoms. The van der Waals surface area contributed by atoms with Crippen LogP contribution in [0.4, 0.5) is 0 Å². The van der Waals surface area contributed by atoms with Gasteiger partial charge in [0.25, 0.3) is 0 Å². The SMILES string of the molecule is CCC(c1ccco1)N(CC(C)C)CC1CCCN1. The third-order valence-electron chi connectivity index (χ3n) is 3.92. The molecule has 0 aromatic carbocycles. The molecule has 1 aromatic heterocycles. The standard InChI is InChI=1S/C16H28N2O/c1-4-15(16-8-6-10-19-16)18(11-13(2)3)12-14-7-5-9-17-14/h6,8,10,13-15,17H,4-5,7,9,11-12H2,1-3H3. The topological polar surface area (TPSA) is 28.4 Å². The zero-order valence-corrected chi connectivity index (χ0v) is 12.6. The Bertz CT molecular complexity index is 342. The van der Waals surface area contributed by atoms with Crippen molar-refractivity contribution in [2.75, 3.05) is 19.6 Å². The van der Waals surface area contributed by atoms with E-state index in [-0.39, 0.29) is 0 Å². The lowest BCUT2D eigenvalue weighted by molar-refractivity contribution is 0.139. The van der Waals surface area contributed by atoms with Crippen molar-refractivity contribution in [2.45, 2.75) is 52.1 Å². The van der Waals surface area contributed by atoms with Gasteiger partial charge in [0, 0.05) is 19.1 Å². The van der Waals surface area contributed by atoms with Gasteiger partial charge in [-0.2, -0.15) is 0 Å². The van der Waals surface area contributed by atoms with Crippen LogP contribution in [0.2, 0.25) is 0 Å². The summed E-state index contributed by atoms with van der Waals surface area (Å²) in [7, 11) is 0. The first-order valence-electron chi connectivity index (χ1n) is 7.71. The van der Waals surface area contributed by atoms with E-state index in [4.69, 9.17) is 4.42 Å². The summed E-state index contributed by atoms with van der Waals surface area (Å²) in [6.07, 6.45) is 5.52. The van der Waals surface area contributed by atoms with Crippen molar-refractivity contribution < 1.29 is 4.42 Å². The maximum absolute atomic E-state index is 5.65. The van der Waals surface area contributed by atoms with Gasteiger partial charge in [0.05, 0.1) is 12.3 Å². The Kier molecular flexibility index (Phi) is 5.46. The molecule has 0 saturated carbocycles. The van der Waals surface area contributed by atoms with Gasteiger partial charge in [0.15, 0.2) is 0 Å². The van der Waals surface area contributed by atoms with E-state index in [0.717, 1.165) is 25.3 Å². The first-order valence-corrected chi connectivity index (χ1v) is 7.71. The first kappa shape index (κ1) is 14.6. The molecule has 0 radical (unpaired) electrons. The van der Waals surface area contributed by atoms with Gasteiger partial charge >= 0.3 is 0 Å². The molecule has 1 aromatic rings. The highest BCUT2D eigenvalue weighted by molar-refractivity contribution is 5.05. The van der Waals surface area contributed by atoms with Crippen LogP contribution in [-0.4, -0.2) is 30.6 Å². The predicted molar refractivity (Wildman–Crippen MR) is 79.2 cm³/mol. The zero-order chi connectivity index (χ0) is 13.7. The minimum absolute atomic E-state index is 0.416. The largest absolute Gasteiger partial charge is 0.468 e. The van der Waals surface area contributed by atoms with Crippen LogP contribution < -0.4 is 5.32 Å². The normalized spacial score (nSPS) is 21.4. The van der Waals surface area contributed by atoms with Gasteiger partial charge in [-0.1, -0.05) is 20.8 Å². The van der Waals surface area contributed by atoms with Crippen LogP contribution in [0.1, 0.15) is 51.8 Å². The Labute approximate surface area is 117 Å². The van der Waals surface area contributed by atoms with E-state index in [1.165, 1.54) is 19.4 Å². The van der Waals surface area contributed by atoms with Gasteiger partial charge < -0.3 is 9.73 Å². The van der Waals surface area contributed by atoms with Crippen LogP contribution in [0.3, 0.4) is 0 Å². The second-order valence-corrected chi connectivity index (χ2v) is 6.08. The van der Waals surface area contributed by atoms with Gasteiger partial charge in [0.2, 0.25) is 0 Å². The molecule has 2 atom stereocenters. The molecule has 0 amide bonds. The molecule has 1 fully saturated rings. The van der Waals surface area contributed by atoms with E-state index in [2.05, 4.69) is 37.1 Å². The Hall–Kier alpha value is -0.800. The highest BCUT2D eigenvalue weighted by Crippen LogP contribution is 2.26. The highest BCUT2D eigenvalue weighted by atomic mass is 16.3. The van der Waals surface area contributed by atoms with Crippen LogP contribution in [-0.2, 0) is 0 Å². The molecule has 1 saturated heterocycles. The van der Waals surface area contributed by atoms with Crippen molar-refractivity contribution in [3.63, 3.8) is 0 Å². The van der Waals surface area contributed by atoms with Crippen molar-refractivity contribution in [1.82, 2.24) is 10.2 Å². The zero-order valence-electron chi connectivity index (χ0n) is 12.6. The molecule has 2 unspecified atom stereocenters. The molecule has 1 N–H and O–H groups in total. The molecule has 108 valence electrons. The van der Waals surface area contributed by atoms with Crippen LogP contribution in [0, 0.1) is 5.92 Å². The van der Waals surface area contributed by atoms with Crippen LogP contribution in [0.25, 0.3) is 0 Å². The summed E-state index contributed by atoms with van der Waals surface area (Å²) in [6.45, 7) is 10.3. The minimum atomic E-state index is 0.416. The van der Waals surface area contributed by atoms with Gasteiger partial charge in [-0.3, -0.25) is 4.90 Å². The number of hydrogen-bond donors (Lipinski definition) is 1. The van der Waals surface area contributed by atoms with Crippen molar-refractivity contribution in [3.05, 3.63) is 24.2 Å². The van der Waals surface area contributed by atoms with Gasteiger partial charge in [-0.25, -0.2) is 0 Å². The molecule has 2 rings (SSSR count). The van der Waals surface area contributed by atoms with E-state index in [1.807, 2.05) is 6.07 Å². The summed E-state index contributed by atoms with van der Waals surface area (Å²) < 4.78 is 5.65. The quantitative estimate of drug-likeness (QED) is 0.817. The number of furan rings is 1. The van der Waals surface area contributed by atoms with Crippen molar-refractivity contribution in [2.24, 2.45) is 5.92 Å². The molecule has 0 aliphatic carbocycles. The molecule has 3 nitrogen and oxygen atoms in total. The monoisotopic (exact) mass is 264 g/mol. The fourth-order valence-electron chi connectivity index (χ4n) is 3.11. The van der Waals surface area contributed by atoms with Crippen molar-refractivity contribution in [3.8, 4) is 0 Å². The number of nitrogens with one attached hydrogen (secondary N) is 1. The molecule has 2 heterocycles. The van der Waals surface area contributed by atoms with Gasteiger partial charge in [-0.05, 0) is 43.9 Å². The van der Waals surface area contributed by atoms with Crippen molar-refractivity contribution in [1.29, 1.82) is 0 Å². The Morgan fingerprint density at radius 2 is 2.32 bits per heavy atom. The minimum Gasteiger partial charge on any atom is -0.468 e. The third kappa shape index (κ3) is 4.08. The third-order valence-corrected chi connectivity index (χ3v) is 3.92. The lowest BCUT2D eigenvalue weighted by Crippen LogP contribution is -2.41. The summed E-state index contributed by atoms with van der Waals surface area (Å²) >= 11 is 0. The van der Waals surface area contributed by atoms with Crippen LogP contribution in [0.15, 0.2) is 22.8 Å². The fraction of sp³-hybridized carbons (Fsp3) is 0.750. The molecule has 19 heavy (non-hydrogen) atoms. The van der Waals surface area contributed by atoms with E-state index in [9.17, 15) is 0 Å². The number of rotatable bonds is 7. The summed E-state index contributed by atoms with van der Waals surface area (Å²) in [5.74, 6) is 1.80. The molecule has 1 aliphatic rings. The number of hydrogen-bond acceptors (Lipinski definition) is 3. The molecule has 0 bridgehead atoms. The van der Waals surface area contributed by atoms with Gasteiger partial charge in [-0.15, -0.1) is 0 Å². The second kappa shape index (κ2) is 7.11. The highest BCUT2D eigenvalue weighted by Gasteiger charge is 2.25. The molecule has 0 spiro atoms. The molecular formula is C16H28N2O. The number of nitrogens with zero attached hydrogens (tertiary/aromatic N) is 1. The predicted octanol–water partition coefficient (Wildman–Crippen LogP) is 3.44. The van der Waals surface area contributed by atoms with Gasteiger partial charge in [0.1, 0.15) is 5.76 Å². The Morgan fingerprint density at radius 3 is 2.84 bits per heavy atom. The average molecular weight is 264 g/mol. The summed E-state index contributed by atoms with van der Waals surface area (Å²) in [4.78, 5) is 2.60. The lowest BCUT2D eigenvalue weighted by atomic mass is 10.1. The van der Waals surface area contributed by atoms with Crippen LogP contribution in [0.5, 0.6) is 0 Å². The molecule has 1 aliphatic heterocycles. The fourth-order valence-corrected chi connectivity index (χ4v) is 3.11. The second-order valence-electron chi connectivity index (χ2n) is 6.08. The molecular weight excluding hydrogens is 236 g/mol. The van der Waals surface area contributed by atoms with E-state index in [1.54, 1.807) is 6.26 Å². The Morgan fingerprint density at radius 1 is 1.47 bits per heavy atom. The smallest absolute Gasteiger partial charge is 0.120 e. The van der Waals surface area contributed by atoms with Crippen LogP contribution >= 0.6 is 0 Å². The maximum atomic E-state index is 5.65.